The van der Waals surface area contributed by atoms with Gasteiger partial charge in [-0.1, -0.05) is 24.3 Å². The second-order valence-corrected chi connectivity index (χ2v) is 7.49. The maximum Gasteiger partial charge on any atom is 0.306 e. The molecule has 0 heterocycles. The lowest BCUT2D eigenvalue weighted by Gasteiger charge is -2.15. The van der Waals surface area contributed by atoms with Crippen molar-refractivity contribution in [2.75, 3.05) is 12.9 Å². The third-order valence-electron chi connectivity index (χ3n) is 2.94. The van der Waals surface area contributed by atoms with Crippen LogP contribution in [0.3, 0.4) is 0 Å². The van der Waals surface area contributed by atoms with Crippen molar-refractivity contribution < 1.29 is 22.1 Å². The molecule has 2 aromatic carbocycles. The Kier molecular flexibility index (Phi) is 6.53. The molecule has 5 nitrogen and oxygen atoms in total. The van der Waals surface area contributed by atoms with Crippen LogP contribution in [0.5, 0.6) is 11.5 Å². The van der Waals surface area contributed by atoms with Crippen molar-refractivity contribution in [2.24, 2.45) is 0 Å². The van der Waals surface area contributed by atoms with E-state index in [9.17, 15) is 13.2 Å². The largest absolute Gasteiger partial charge is 0.489 e. The van der Waals surface area contributed by atoms with Crippen LogP contribution >= 0.6 is 21.7 Å². The van der Waals surface area contributed by atoms with Crippen LogP contribution in [-0.4, -0.2) is 27.6 Å². The monoisotopic (exact) mass is 386 g/mol. The Balaban J connectivity index is 2.52. The second-order valence-electron chi connectivity index (χ2n) is 4.83. The summed E-state index contributed by atoms with van der Waals surface area (Å²) >= 11 is 0. The van der Waals surface area contributed by atoms with E-state index in [-0.39, 0.29) is 24.5 Å². The molecule has 2 aromatic rings. The van der Waals surface area contributed by atoms with Crippen molar-refractivity contribution in [3.05, 3.63) is 42.5 Å². The van der Waals surface area contributed by atoms with E-state index < -0.39 is 10.1 Å². The van der Waals surface area contributed by atoms with E-state index in [2.05, 4.69) is 0 Å². The fraction of sp³-hybridized carbons (Fsp3) is 0.188. The molecule has 0 unspecified atom stereocenters. The summed E-state index contributed by atoms with van der Waals surface area (Å²) < 4.78 is 33.9. The van der Waals surface area contributed by atoms with Gasteiger partial charge in [0.25, 0.3) is 0 Å². The number of halogens is 1. The Morgan fingerprint density at radius 1 is 1.21 bits per heavy atom. The Hall–Kier alpha value is -1.70. The molecular formula is C16H15ClO5S2. The molecule has 0 amide bonds. The van der Waals surface area contributed by atoms with Crippen LogP contribution in [0.25, 0.3) is 11.1 Å². The molecule has 0 saturated heterocycles. The second kappa shape index (κ2) is 8.41. The highest BCUT2D eigenvalue weighted by Gasteiger charge is 2.18. The Morgan fingerprint density at radius 3 is 2.62 bits per heavy atom. The number of hydrogen-bond acceptors (Lipinski definition) is 6. The molecule has 0 aromatic heterocycles. The molecule has 24 heavy (non-hydrogen) atoms. The van der Waals surface area contributed by atoms with Crippen LogP contribution in [0, 0.1) is 0 Å². The molecule has 0 aliphatic carbocycles. The maximum atomic E-state index is 11.6. The molecule has 0 saturated carbocycles. The number of aldehydes is 1. The number of ether oxygens (including phenoxy) is 1. The van der Waals surface area contributed by atoms with Gasteiger partial charge >= 0.3 is 10.1 Å². The van der Waals surface area contributed by atoms with Gasteiger partial charge in [-0.05, 0) is 45.4 Å². The van der Waals surface area contributed by atoms with Gasteiger partial charge in [-0.3, -0.25) is 0 Å². The third kappa shape index (κ3) is 5.15. The summed E-state index contributed by atoms with van der Waals surface area (Å²) in [6, 6.07) is 12.3. The maximum absolute atomic E-state index is 11.6. The van der Waals surface area contributed by atoms with Gasteiger partial charge in [-0.2, -0.15) is 8.42 Å². The minimum Gasteiger partial charge on any atom is -0.489 e. The van der Waals surface area contributed by atoms with Gasteiger partial charge in [0, 0.05) is 16.9 Å². The van der Waals surface area contributed by atoms with Gasteiger partial charge in [0.2, 0.25) is 0 Å². The Morgan fingerprint density at radius 2 is 1.96 bits per heavy atom. The fourth-order valence-corrected chi connectivity index (χ4v) is 3.09. The Labute approximate surface area is 149 Å². The molecule has 0 spiro atoms. The van der Waals surface area contributed by atoms with Gasteiger partial charge in [-0.25, -0.2) is 0 Å². The lowest BCUT2D eigenvalue weighted by atomic mass is 10.0. The smallest absolute Gasteiger partial charge is 0.306 e. The van der Waals surface area contributed by atoms with Gasteiger partial charge in [0.1, 0.15) is 6.29 Å². The average molecular weight is 387 g/mol. The zero-order valence-corrected chi connectivity index (χ0v) is 15.2. The fourth-order valence-electron chi connectivity index (χ4n) is 2.02. The first kappa shape index (κ1) is 18.6. The van der Waals surface area contributed by atoms with E-state index >= 15 is 0 Å². The number of para-hydroxylation sites is 1. The molecule has 0 aliphatic rings. The highest BCUT2D eigenvalue weighted by molar-refractivity contribution is 8.21. The van der Waals surface area contributed by atoms with E-state index in [1.807, 2.05) is 24.3 Å². The highest BCUT2D eigenvalue weighted by atomic mass is 35.7. The summed E-state index contributed by atoms with van der Waals surface area (Å²) in [5, 5.41) is 0. The molecule has 128 valence electrons. The summed E-state index contributed by atoms with van der Waals surface area (Å²) in [6.07, 6.45) is 1.88. The van der Waals surface area contributed by atoms with Crippen molar-refractivity contribution in [1.29, 1.82) is 0 Å². The van der Waals surface area contributed by atoms with E-state index in [1.165, 1.54) is 0 Å². The van der Waals surface area contributed by atoms with Gasteiger partial charge in [-0.15, -0.1) is 0 Å². The number of hydrogen-bond donors (Lipinski definition) is 0. The predicted molar refractivity (Wildman–Crippen MR) is 95.2 cm³/mol. The number of carbonyl (C=O) groups is 1. The highest BCUT2D eigenvalue weighted by Crippen LogP contribution is 2.40. The van der Waals surface area contributed by atoms with Crippen molar-refractivity contribution in [3.8, 4) is 22.6 Å². The molecule has 0 N–H and O–H groups in total. The first-order valence-corrected chi connectivity index (χ1v) is 10.4. The quantitative estimate of drug-likeness (QED) is 0.389. The van der Waals surface area contributed by atoms with Crippen molar-refractivity contribution in [3.63, 3.8) is 0 Å². The van der Waals surface area contributed by atoms with Crippen LogP contribution in [-0.2, 0) is 14.9 Å². The standard InChI is InChI=1S/C16H15ClO5S2/c1-24(19,20)22-16-14(12-5-2-6-13(11-12)23-17)7-3-8-15(16)21-10-4-9-18/h2-3,5-9,11H,4,10H2,1H3. The molecule has 0 aliphatic heterocycles. The normalized spacial score (nSPS) is 11.1. The Bertz CT molecular complexity index is 821. The van der Waals surface area contributed by atoms with E-state index in [0.717, 1.165) is 34.0 Å². The van der Waals surface area contributed by atoms with Gasteiger partial charge in [0.05, 0.1) is 12.9 Å². The lowest BCUT2D eigenvalue weighted by Crippen LogP contribution is -2.09. The average Bonchev–Trinajstić information content (AvgIpc) is 2.55. The summed E-state index contributed by atoms with van der Waals surface area (Å²) in [5.41, 5.74) is 1.29. The molecule has 0 fully saturated rings. The number of rotatable bonds is 8. The topological polar surface area (TPSA) is 69.7 Å². The van der Waals surface area contributed by atoms with Crippen molar-refractivity contribution >= 4 is 38.1 Å². The first-order valence-electron chi connectivity index (χ1n) is 6.92. The van der Waals surface area contributed by atoms with Crippen LogP contribution < -0.4 is 8.92 Å². The zero-order valence-electron chi connectivity index (χ0n) is 12.8. The predicted octanol–water partition coefficient (Wildman–Crippen LogP) is 3.91. The van der Waals surface area contributed by atoms with Crippen molar-refractivity contribution in [1.82, 2.24) is 0 Å². The van der Waals surface area contributed by atoms with Crippen LogP contribution in [0.15, 0.2) is 47.4 Å². The minimum absolute atomic E-state index is 0.0858. The molecule has 0 atom stereocenters. The van der Waals surface area contributed by atoms with E-state index in [4.69, 9.17) is 19.6 Å². The summed E-state index contributed by atoms with van der Waals surface area (Å²) in [4.78, 5) is 11.3. The molecular weight excluding hydrogens is 372 g/mol. The van der Waals surface area contributed by atoms with Gasteiger partial charge in [0.15, 0.2) is 11.5 Å². The number of benzene rings is 2. The van der Waals surface area contributed by atoms with E-state index in [1.54, 1.807) is 18.2 Å². The SMILES string of the molecule is CS(=O)(=O)Oc1c(OCCC=O)cccc1-c1cccc(SCl)c1. The minimum atomic E-state index is -3.76. The summed E-state index contributed by atoms with van der Waals surface area (Å²) in [6.45, 7) is 0.130. The molecule has 8 heteroatoms. The van der Waals surface area contributed by atoms with Crippen LogP contribution in [0.4, 0.5) is 0 Å². The molecule has 0 bridgehead atoms. The lowest BCUT2D eigenvalue weighted by molar-refractivity contribution is -0.108. The van der Waals surface area contributed by atoms with Gasteiger partial charge < -0.3 is 13.7 Å². The molecule has 0 radical (unpaired) electrons. The van der Waals surface area contributed by atoms with Crippen LogP contribution in [0.2, 0.25) is 0 Å². The zero-order chi connectivity index (χ0) is 17.6. The number of carbonyl (C=O) groups excluding carboxylic acids is 1. The van der Waals surface area contributed by atoms with E-state index in [0.29, 0.717) is 5.56 Å². The molecule has 2 rings (SSSR count). The summed E-state index contributed by atoms with van der Waals surface area (Å²) in [5.74, 6) is 0.339. The summed E-state index contributed by atoms with van der Waals surface area (Å²) in [7, 11) is 3.08. The van der Waals surface area contributed by atoms with Crippen molar-refractivity contribution in [2.45, 2.75) is 11.3 Å². The van der Waals surface area contributed by atoms with Crippen LogP contribution in [0.1, 0.15) is 6.42 Å². The first-order chi connectivity index (χ1) is 11.4. The third-order valence-corrected chi connectivity index (χ3v) is 4.38.